The molecule has 184 valence electrons. The molecule has 5 rings (SSSR count). The van der Waals surface area contributed by atoms with Crippen LogP contribution in [0.25, 0.3) is 0 Å². The molecule has 33 heavy (non-hydrogen) atoms. The minimum atomic E-state index is -0.617. The summed E-state index contributed by atoms with van der Waals surface area (Å²) in [6, 6.07) is 1.96. The molecule has 0 saturated heterocycles. The highest BCUT2D eigenvalue weighted by molar-refractivity contribution is 5.92. The van der Waals surface area contributed by atoms with Crippen molar-refractivity contribution in [3.8, 4) is 0 Å². The predicted octanol–water partition coefficient (Wildman–Crippen LogP) is 4.70. The number of carbonyl (C=O) groups is 1. The number of nitrogens with one attached hydrogen (secondary N) is 1. The number of amides is 1. The standard InChI is InChI=1S/C27H43N3O3/c1-5-33-16-27(32)13-11-19-18(15-27)6-7-21-20(19)10-12-26(3)22(21)8-9-23(26)25(31)28-24-14-17(2)29-30(24)4/h14,18-23,32H,5-13,15-16H2,1-4H3,(H,28,31)/t18-,19+,20-,21-,22+,23-,26+,27-/m1/s1. The zero-order chi connectivity index (χ0) is 23.4. The van der Waals surface area contributed by atoms with Crippen molar-refractivity contribution in [2.45, 2.75) is 84.2 Å². The van der Waals surface area contributed by atoms with Crippen LogP contribution in [-0.4, -0.2) is 39.6 Å². The summed E-state index contributed by atoms with van der Waals surface area (Å²) in [5.74, 6) is 4.67. The van der Waals surface area contributed by atoms with Crippen LogP contribution >= 0.6 is 0 Å². The van der Waals surface area contributed by atoms with Crippen LogP contribution in [0.2, 0.25) is 0 Å². The van der Waals surface area contributed by atoms with Crippen molar-refractivity contribution in [3.63, 3.8) is 0 Å². The lowest BCUT2D eigenvalue weighted by molar-refractivity contribution is -0.135. The Morgan fingerprint density at radius 2 is 1.97 bits per heavy atom. The van der Waals surface area contributed by atoms with E-state index < -0.39 is 5.60 Å². The van der Waals surface area contributed by atoms with E-state index >= 15 is 0 Å². The second kappa shape index (κ2) is 8.67. The van der Waals surface area contributed by atoms with Gasteiger partial charge in [-0.2, -0.15) is 5.10 Å². The number of aliphatic hydroxyl groups is 1. The third-order valence-corrected chi connectivity index (χ3v) is 10.2. The van der Waals surface area contributed by atoms with Crippen LogP contribution in [0.3, 0.4) is 0 Å². The fraction of sp³-hybridized carbons (Fsp3) is 0.852. The van der Waals surface area contributed by atoms with Gasteiger partial charge in [0, 0.05) is 25.6 Å². The molecule has 1 aromatic rings. The monoisotopic (exact) mass is 457 g/mol. The van der Waals surface area contributed by atoms with Crippen molar-refractivity contribution in [2.24, 2.45) is 48.0 Å². The highest BCUT2D eigenvalue weighted by Crippen LogP contribution is 2.64. The number of nitrogens with zero attached hydrogens (tertiary/aromatic N) is 2. The number of ether oxygens (including phenoxy) is 1. The largest absolute Gasteiger partial charge is 0.387 e. The van der Waals surface area contributed by atoms with Gasteiger partial charge in [0.25, 0.3) is 0 Å². The third kappa shape index (κ3) is 4.05. The van der Waals surface area contributed by atoms with Crippen LogP contribution in [0, 0.1) is 47.8 Å². The molecular weight excluding hydrogens is 414 g/mol. The van der Waals surface area contributed by atoms with Crippen LogP contribution in [0.15, 0.2) is 6.07 Å². The van der Waals surface area contributed by atoms with Gasteiger partial charge in [-0.3, -0.25) is 9.48 Å². The highest BCUT2D eigenvalue weighted by Gasteiger charge is 2.59. The second-order valence-electron chi connectivity index (χ2n) is 12.0. The number of fused-ring (bicyclic) bond motifs is 5. The van der Waals surface area contributed by atoms with Gasteiger partial charge in [-0.25, -0.2) is 0 Å². The van der Waals surface area contributed by atoms with E-state index in [1.54, 1.807) is 4.68 Å². The smallest absolute Gasteiger partial charge is 0.229 e. The quantitative estimate of drug-likeness (QED) is 0.672. The molecule has 1 heterocycles. The van der Waals surface area contributed by atoms with Gasteiger partial charge in [-0.05, 0) is 107 Å². The SMILES string of the molecule is CCOC[C@@]1(O)CC[C@H]2[C@H](CC[C@@H]3[C@@H]2CC[C@]2(C)[C@@H](C(=O)Nc4cc(C)nn4C)CC[C@@H]32)C1. The molecule has 8 atom stereocenters. The maximum absolute atomic E-state index is 13.4. The van der Waals surface area contributed by atoms with Gasteiger partial charge in [0.1, 0.15) is 5.82 Å². The van der Waals surface area contributed by atoms with Crippen molar-refractivity contribution in [1.29, 1.82) is 0 Å². The molecule has 6 nitrogen and oxygen atoms in total. The second-order valence-corrected chi connectivity index (χ2v) is 12.0. The molecule has 1 aromatic heterocycles. The maximum Gasteiger partial charge on any atom is 0.229 e. The van der Waals surface area contributed by atoms with Gasteiger partial charge >= 0.3 is 0 Å². The van der Waals surface area contributed by atoms with E-state index in [-0.39, 0.29) is 17.2 Å². The van der Waals surface area contributed by atoms with E-state index in [0.717, 1.165) is 61.4 Å². The summed E-state index contributed by atoms with van der Waals surface area (Å²) in [5, 5.41) is 18.7. The van der Waals surface area contributed by atoms with Crippen molar-refractivity contribution in [2.75, 3.05) is 18.5 Å². The Bertz CT molecular complexity index is 884. The molecule has 0 aromatic carbocycles. The van der Waals surface area contributed by atoms with Crippen molar-refractivity contribution < 1.29 is 14.6 Å². The van der Waals surface area contributed by atoms with Crippen molar-refractivity contribution in [1.82, 2.24) is 9.78 Å². The average molecular weight is 458 g/mol. The van der Waals surface area contributed by atoms with Gasteiger partial charge in [0.2, 0.25) is 5.91 Å². The van der Waals surface area contributed by atoms with Crippen LogP contribution in [0.4, 0.5) is 5.82 Å². The van der Waals surface area contributed by atoms with Crippen LogP contribution < -0.4 is 5.32 Å². The molecule has 0 unspecified atom stereocenters. The van der Waals surface area contributed by atoms with Gasteiger partial charge in [0.05, 0.1) is 17.9 Å². The Labute approximate surface area is 198 Å². The molecule has 4 fully saturated rings. The molecule has 6 heteroatoms. The third-order valence-electron chi connectivity index (χ3n) is 10.2. The molecule has 4 aliphatic rings. The highest BCUT2D eigenvalue weighted by atomic mass is 16.5. The lowest BCUT2D eigenvalue weighted by Crippen LogP contribution is -2.52. The molecule has 2 N–H and O–H groups in total. The summed E-state index contributed by atoms with van der Waals surface area (Å²) in [6.45, 7) is 7.55. The minimum Gasteiger partial charge on any atom is -0.387 e. The van der Waals surface area contributed by atoms with Gasteiger partial charge in [0.15, 0.2) is 0 Å². The van der Waals surface area contributed by atoms with Crippen molar-refractivity contribution in [3.05, 3.63) is 11.8 Å². The Morgan fingerprint density at radius 1 is 1.18 bits per heavy atom. The molecule has 4 saturated carbocycles. The summed E-state index contributed by atoms with van der Waals surface area (Å²) >= 11 is 0. The van der Waals surface area contributed by atoms with Crippen molar-refractivity contribution >= 4 is 11.7 Å². The molecule has 4 aliphatic carbocycles. The lowest BCUT2D eigenvalue weighted by Gasteiger charge is -2.57. The minimum absolute atomic E-state index is 0.0963. The van der Waals surface area contributed by atoms with Gasteiger partial charge in [-0.1, -0.05) is 6.92 Å². The maximum atomic E-state index is 13.4. The number of aryl methyl sites for hydroxylation is 2. The number of rotatable bonds is 5. The van der Waals surface area contributed by atoms with E-state index in [1.807, 2.05) is 27.0 Å². The van der Waals surface area contributed by atoms with E-state index in [2.05, 4.69) is 17.3 Å². The molecule has 0 aliphatic heterocycles. The number of aromatic nitrogens is 2. The number of hydrogen-bond donors (Lipinski definition) is 2. The molecule has 0 radical (unpaired) electrons. The first kappa shape index (κ1) is 23.3. The number of hydrogen-bond acceptors (Lipinski definition) is 4. The number of anilines is 1. The van der Waals surface area contributed by atoms with Crippen LogP contribution in [0.1, 0.15) is 77.3 Å². The van der Waals surface area contributed by atoms with Crippen LogP contribution in [0.5, 0.6) is 0 Å². The van der Waals surface area contributed by atoms with Gasteiger partial charge < -0.3 is 15.2 Å². The molecule has 0 spiro atoms. The van der Waals surface area contributed by atoms with Crippen LogP contribution in [-0.2, 0) is 16.6 Å². The Hall–Kier alpha value is -1.40. The normalized spacial score (nSPS) is 42.3. The molecular formula is C27H43N3O3. The fourth-order valence-electron chi connectivity index (χ4n) is 8.76. The van der Waals surface area contributed by atoms with E-state index in [0.29, 0.717) is 25.0 Å². The number of carbonyl (C=O) groups excluding carboxylic acids is 1. The van der Waals surface area contributed by atoms with E-state index in [9.17, 15) is 9.90 Å². The zero-order valence-electron chi connectivity index (χ0n) is 21.0. The first-order valence-corrected chi connectivity index (χ1v) is 13.4. The Balaban J connectivity index is 1.27. The topological polar surface area (TPSA) is 76.4 Å². The Kier molecular flexibility index (Phi) is 6.14. The summed E-state index contributed by atoms with van der Waals surface area (Å²) in [4.78, 5) is 13.4. The first-order chi connectivity index (χ1) is 15.7. The molecule has 0 bridgehead atoms. The molecule has 1 amide bonds. The lowest BCUT2D eigenvalue weighted by atomic mass is 9.49. The Morgan fingerprint density at radius 3 is 2.70 bits per heavy atom. The predicted molar refractivity (Wildman–Crippen MR) is 129 cm³/mol. The first-order valence-electron chi connectivity index (χ1n) is 13.4. The average Bonchev–Trinajstić information content (AvgIpc) is 3.29. The summed E-state index contributed by atoms with van der Waals surface area (Å²) in [6.07, 6.45) is 10.0. The zero-order valence-corrected chi connectivity index (χ0v) is 21.0. The summed E-state index contributed by atoms with van der Waals surface area (Å²) < 4.78 is 7.40. The summed E-state index contributed by atoms with van der Waals surface area (Å²) in [5.41, 5.74) is 0.422. The van der Waals surface area contributed by atoms with Gasteiger partial charge in [-0.15, -0.1) is 0 Å². The van der Waals surface area contributed by atoms with E-state index in [1.165, 1.54) is 25.7 Å². The van der Waals surface area contributed by atoms with E-state index in [4.69, 9.17) is 4.74 Å². The fourth-order valence-corrected chi connectivity index (χ4v) is 8.76. The summed E-state index contributed by atoms with van der Waals surface area (Å²) in [7, 11) is 1.89.